The fourth-order valence-electron chi connectivity index (χ4n) is 3.29. The van der Waals surface area contributed by atoms with Gasteiger partial charge in [0.1, 0.15) is 0 Å². The number of aliphatic imine (C=N–C) groups is 1. The van der Waals surface area contributed by atoms with Gasteiger partial charge in [-0.2, -0.15) is 0 Å². The molecule has 2 saturated heterocycles. The van der Waals surface area contributed by atoms with Crippen molar-refractivity contribution < 1.29 is 19.0 Å². The highest BCUT2D eigenvalue weighted by Gasteiger charge is 2.28. The second kappa shape index (κ2) is 11.3. The van der Waals surface area contributed by atoms with E-state index in [-0.39, 0.29) is 11.9 Å². The van der Waals surface area contributed by atoms with Crippen LogP contribution >= 0.6 is 0 Å². The number of ether oxygens (including phenoxy) is 3. The Morgan fingerprint density at radius 2 is 2.28 bits per heavy atom. The zero-order valence-corrected chi connectivity index (χ0v) is 15.7. The molecule has 2 aliphatic rings. The fourth-order valence-corrected chi connectivity index (χ4v) is 3.29. The normalized spacial score (nSPS) is 24.4. The molecule has 0 saturated carbocycles. The molecule has 7 nitrogen and oxygen atoms in total. The summed E-state index contributed by atoms with van der Waals surface area (Å²) in [5.74, 6) is 1.28. The first-order chi connectivity index (χ1) is 12.2. The average molecular weight is 355 g/mol. The smallest absolute Gasteiger partial charge is 0.310 e. The third-order valence-corrected chi connectivity index (χ3v) is 4.68. The summed E-state index contributed by atoms with van der Waals surface area (Å²) < 4.78 is 16.2. The second-order valence-electron chi connectivity index (χ2n) is 6.67. The van der Waals surface area contributed by atoms with E-state index in [1.807, 2.05) is 6.92 Å². The minimum Gasteiger partial charge on any atom is -0.466 e. The van der Waals surface area contributed by atoms with Gasteiger partial charge in [-0.1, -0.05) is 0 Å². The lowest BCUT2D eigenvalue weighted by atomic mass is 9.98. The highest BCUT2D eigenvalue weighted by Crippen LogP contribution is 2.18. The van der Waals surface area contributed by atoms with E-state index < -0.39 is 0 Å². The van der Waals surface area contributed by atoms with Crippen LogP contribution in [0, 0.1) is 11.8 Å². The van der Waals surface area contributed by atoms with Crippen LogP contribution in [0.25, 0.3) is 0 Å². The quantitative estimate of drug-likeness (QED) is 0.306. The molecule has 2 atom stereocenters. The van der Waals surface area contributed by atoms with E-state index in [2.05, 4.69) is 15.2 Å². The summed E-state index contributed by atoms with van der Waals surface area (Å²) in [5, 5.41) is 3.38. The standard InChI is InChI=1S/C18H33N3O4/c1-3-25-17(22)16-6-4-9-21(12-16)18(19-2)20-8-5-10-23-13-15-7-11-24-14-15/h15-16H,3-14H2,1-2H3,(H,19,20). The highest BCUT2D eigenvalue weighted by molar-refractivity contribution is 5.81. The average Bonchev–Trinajstić information content (AvgIpc) is 3.15. The molecule has 0 bridgehead atoms. The Morgan fingerprint density at radius 3 is 3.00 bits per heavy atom. The molecule has 0 aromatic heterocycles. The Kier molecular flexibility index (Phi) is 9.04. The third-order valence-electron chi connectivity index (χ3n) is 4.68. The van der Waals surface area contributed by atoms with Crippen molar-refractivity contribution in [2.75, 3.05) is 59.7 Å². The van der Waals surface area contributed by atoms with Gasteiger partial charge in [-0.3, -0.25) is 9.79 Å². The number of carbonyl (C=O) groups is 1. The molecule has 0 radical (unpaired) electrons. The number of hydrogen-bond donors (Lipinski definition) is 1. The molecule has 2 aliphatic heterocycles. The van der Waals surface area contributed by atoms with Crippen LogP contribution in [-0.2, 0) is 19.0 Å². The number of hydrogen-bond acceptors (Lipinski definition) is 5. The molecular weight excluding hydrogens is 322 g/mol. The maximum Gasteiger partial charge on any atom is 0.310 e. The molecule has 0 spiro atoms. The molecule has 0 aromatic rings. The molecule has 2 fully saturated rings. The van der Waals surface area contributed by atoms with Crippen LogP contribution in [0.1, 0.15) is 32.6 Å². The molecule has 0 aliphatic carbocycles. The van der Waals surface area contributed by atoms with Crippen molar-refractivity contribution in [3.05, 3.63) is 0 Å². The Balaban J connectivity index is 1.62. The first-order valence-electron chi connectivity index (χ1n) is 9.52. The van der Waals surface area contributed by atoms with Crippen LogP contribution in [-0.4, -0.2) is 76.5 Å². The zero-order chi connectivity index (χ0) is 17.9. The van der Waals surface area contributed by atoms with E-state index in [4.69, 9.17) is 14.2 Å². The van der Waals surface area contributed by atoms with E-state index >= 15 is 0 Å². The Bertz CT molecular complexity index is 425. The monoisotopic (exact) mass is 355 g/mol. The van der Waals surface area contributed by atoms with Gasteiger partial charge in [-0.05, 0) is 32.6 Å². The number of piperidine rings is 1. The summed E-state index contributed by atoms with van der Waals surface area (Å²) in [5.41, 5.74) is 0. The van der Waals surface area contributed by atoms with Gasteiger partial charge >= 0.3 is 5.97 Å². The first kappa shape index (κ1) is 20.0. The van der Waals surface area contributed by atoms with E-state index in [1.165, 1.54) is 0 Å². The lowest BCUT2D eigenvalue weighted by molar-refractivity contribution is -0.149. The van der Waals surface area contributed by atoms with Gasteiger partial charge in [0.05, 0.1) is 25.7 Å². The lowest BCUT2D eigenvalue weighted by Crippen LogP contribution is -2.48. The number of guanidine groups is 1. The Morgan fingerprint density at radius 1 is 1.40 bits per heavy atom. The Labute approximate surface area is 151 Å². The van der Waals surface area contributed by atoms with Crippen molar-refractivity contribution in [1.29, 1.82) is 0 Å². The van der Waals surface area contributed by atoms with Crippen molar-refractivity contribution in [1.82, 2.24) is 10.2 Å². The van der Waals surface area contributed by atoms with Gasteiger partial charge in [0, 0.05) is 45.8 Å². The van der Waals surface area contributed by atoms with Gasteiger partial charge < -0.3 is 24.4 Å². The minimum atomic E-state index is -0.0908. The molecule has 144 valence electrons. The molecule has 1 N–H and O–H groups in total. The molecular formula is C18H33N3O4. The van der Waals surface area contributed by atoms with Crippen LogP contribution in [0.2, 0.25) is 0 Å². The molecule has 2 heterocycles. The number of likely N-dealkylation sites (tertiary alicyclic amines) is 1. The number of rotatable bonds is 8. The predicted octanol–water partition coefficient (Wildman–Crippen LogP) is 1.28. The topological polar surface area (TPSA) is 72.4 Å². The lowest BCUT2D eigenvalue weighted by Gasteiger charge is -2.33. The maximum absolute atomic E-state index is 12.0. The van der Waals surface area contributed by atoms with Crippen LogP contribution in [0.4, 0.5) is 0 Å². The van der Waals surface area contributed by atoms with Crippen molar-refractivity contribution in [3.63, 3.8) is 0 Å². The summed E-state index contributed by atoms with van der Waals surface area (Å²) in [7, 11) is 1.78. The maximum atomic E-state index is 12.0. The predicted molar refractivity (Wildman–Crippen MR) is 96.7 cm³/mol. The molecule has 0 aromatic carbocycles. The summed E-state index contributed by atoms with van der Waals surface area (Å²) in [6.07, 6.45) is 3.92. The second-order valence-corrected chi connectivity index (χ2v) is 6.67. The molecule has 2 rings (SSSR count). The van der Waals surface area contributed by atoms with E-state index in [1.54, 1.807) is 7.05 Å². The fraction of sp³-hybridized carbons (Fsp3) is 0.889. The Hall–Kier alpha value is -1.34. The summed E-state index contributed by atoms with van der Waals surface area (Å²) in [6, 6.07) is 0. The number of nitrogens with zero attached hydrogens (tertiary/aromatic N) is 2. The molecule has 2 unspecified atom stereocenters. The van der Waals surface area contributed by atoms with Crippen molar-refractivity contribution in [2.24, 2.45) is 16.8 Å². The van der Waals surface area contributed by atoms with Crippen molar-refractivity contribution in [3.8, 4) is 0 Å². The number of esters is 1. The molecule has 25 heavy (non-hydrogen) atoms. The van der Waals surface area contributed by atoms with Crippen LogP contribution in [0.3, 0.4) is 0 Å². The van der Waals surface area contributed by atoms with Gasteiger partial charge in [0.15, 0.2) is 5.96 Å². The molecule has 7 heteroatoms. The van der Waals surface area contributed by atoms with E-state index in [0.29, 0.717) is 19.1 Å². The number of nitrogens with one attached hydrogen (secondary N) is 1. The zero-order valence-electron chi connectivity index (χ0n) is 15.7. The largest absolute Gasteiger partial charge is 0.466 e. The van der Waals surface area contributed by atoms with Crippen molar-refractivity contribution >= 4 is 11.9 Å². The van der Waals surface area contributed by atoms with Crippen LogP contribution in [0.15, 0.2) is 4.99 Å². The molecule has 0 amide bonds. The van der Waals surface area contributed by atoms with E-state index in [9.17, 15) is 4.79 Å². The van der Waals surface area contributed by atoms with Gasteiger partial charge in [0.25, 0.3) is 0 Å². The highest BCUT2D eigenvalue weighted by atomic mass is 16.5. The summed E-state index contributed by atoms with van der Waals surface area (Å²) in [4.78, 5) is 18.5. The first-order valence-corrected chi connectivity index (χ1v) is 9.52. The van der Waals surface area contributed by atoms with Gasteiger partial charge in [0.2, 0.25) is 0 Å². The summed E-state index contributed by atoms with van der Waals surface area (Å²) >= 11 is 0. The third kappa shape index (κ3) is 6.82. The van der Waals surface area contributed by atoms with Gasteiger partial charge in [-0.15, -0.1) is 0 Å². The summed E-state index contributed by atoms with van der Waals surface area (Å²) in [6.45, 7) is 7.94. The minimum absolute atomic E-state index is 0.0517. The van der Waals surface area contributed by atoms with Crippen LogP contribution < -0.4 is 5.32 Å². The SMILES string of the molecule is CCOC(=O)C1CCCN(C(=NC)NCCCOCC2CCOC2)C1. The van der Waals surface area contributed by atoms with Crippen molar-refractivity contribution in [2.45, 2.75) is 32.6 Å². The number of carbonyl (C=O) groups excluding carboxylic acids is 1. The van der Waals surface area contributed by atoms with Crippen LogP contribution in [0.5, 0.6) is 0 Å². The van der Waals surface area contributed by atoms with E-state index in [0.717, 1.165) is 71.2 Å². The van der Waals surface area contributed by atoms with Gasteiger partial charge in [-0.25, -0.2) is 0 Å².